The van der Waals surface area contributed by atoms with Crippen molar-refractivity contribution in [1.82, 2.24) is 5.32 Å². The molecule has 2 N–H and O–H groups in total. The van der Waals surface area contributed by atoms with E-state index < -0.39 is 0 Å². The SMILES string of the molecule is COc1cc(CN[C@H]2CCCC[C@H]2O)ccc1OC(C)C. The highest BCUT2D eigenvalue weighted by molar-refractivity contribution is 5.43. The van der Waals surface area contributed by atoms with Crippen LogP contribution in [0.2, 0.25) is 0 Å². The molecule has 21 heavy (non-hydrogen) atoms. The van der Waals surface area contributed by atoms with Gasteiger partial charge in [0.1, 0.15) is 0 Å². The summed E-state index contributed by atoms with van der Waals surface area (Å²) in [5, 5.41) is 13.4. The summed E-state index contributed by atoms with van der Waals surface area (Å²) in [5.41, 5.74) is 1.14. The summed E-state index contributed by atoms with van der Waals surface area (Å²) in [6.07, 6.45) is 4.19. The summed E-state index contributed by atoms with van der Waals surface area (Å²) in [6.45, 7) is 4.73. The second-order valence-corrected chi connectivity index (χ2v) is 5.99. The highest BCUT2D eigenvalue weighted by Gasteiger charge is 2.22. The summed E-state index contributed by atoms with van der Waals surface area (Å²) in [6, 6.07) is 6.20. The highest BCUT2D eigenvalue weighted by atomic mass is 16.5. The van der Waals surface area contributed by atoms with Gasteiger partial charge in [-0.2, -0.15) is 0 Å². The predicted octanol–water partition coefficient (Wildman–Crippen LogP) is 2.88. The molecule has 0 amide bonds. The van der Waals surface area contributed by atoms with Gasteiger partial charge in [0, 0.05) is 12.6 Å². The number of benzene rings is 1. The van der Waals surface area contributed by atoms with Crippen LogP contribution in [0.1, 0.15) is 45.1 Å². The van der Waals surface area contributed by atoms with Crippen molar-refractivity contribution < 1.29 is 14.6 Å². The molecule has 0 bridgehead atoms. The van der Waals surface area contributed by atoms with Gasteiger partial charge >= 0.3 is 0 Å². The van der Waals surface area contributed by atoms with Gasteiger partial charge in [0.15, 0.2) is 11.5 Å². The van der Waals surface area contributed by atoms with E-state index >= 15 is 0 Å². The van der Waals surface area contributed by atoms with Crippen LogP contribution in [-0.2, 0) is 6.54 Å². The smallest absolute Gasteiger partial charge is 0.161 e. The number of aliphatic hydroxyl groups excluding tert-OH is 1. The van der Waals surface area contributed by atoms with Crippen molar-refractivity contribution in [3.05, 3.63) is 23.8 Å². The molecule has 0 aromatic heterocycles. The Morgan fingerprint density at radius 1 is 1.24 bits per heavy atom. The van der Waals surface area contributed by atoms with Crippen molar-refractivity contribution in [3.8, 4) is 11.5 Å². The van der Waals surface area contributed by atoms with Gasteiger partial charge in [-0.05, 0) is 44.4 Å². The Labute approximate surface area is 127 Å². The fourth-order valence-electron chi connectivity index (χ4n) is 2.77. The van der Waals surface area contributed by atoms with E-state index in [4.69, 9.17) is 9.47 Å². The van der Waals surface area contributed by atoms with E-state index in [1.165, 1.54) is 6.42 Å². The van der Waals surface area contributed by atoms with Crippen molar-refractivity contribution in [3.63, 3.8) is 0 Å². The molecule has 2 atom stereocenters. The Hall–Kier alpha value is -1.26. The van der Waals surface area contributed by atoms with Crippen molar-refractivity contribution in [1.29, 1.82) is 0 Å². The molecule has 1 fully saturated rings. The minimum Gasteiger partial charge on any atom is -0.493 e. The van der Waals surface area contributed by atoms with E-state index in [1.54, 1.807) is 7.11 Å². The fourth-order valence-corrected chi connectivity index (χ4v) is 2.77. The Morgan fingerprint density at radius 2 is 2.00 bits per heavy atom. The second-order valence-electron chi connectivity index (χ2n) is 5.99. The third-order valence-electron chi connectivity index (χ3n) is 3.89. The van der Waals surface area contributed by atoms with E-state index in [2.05, 4.69) is 5.32 Å². The van der Waals surface area contributed by atoms with Crippen LogP contribution in [0.5, 0.6) is 11.5 Å². The number of hydrogen-bond acceptors (Lipinski definition) is 4. The monoisotopic (exact) mass is 293 g/mol. The number of hydrogen-bond donors (Lipinski definition) is 2. The molecule has 0 spiro atoms. The van der Waals surface area contributed by atoms with Crippen molar-refractivity contribution >= 4 is 0 Å². The first-order valence-electron chi connectivity index (χ1n) is 7.85. The molecular weight excluding hydrogens is 266 g/mol. The van der Waals surface area contributed by atoms with Crippen LogP contribution in [-0.4, -0.2) is 30.5 Å². The van der Waals surface area contributed by atoms with Gasteiger partial charge < -0.3 is 19.9 Å². The molecule has 0 unspecified atom stereocenters. The molecule has 118 valence electrons. The maximum atomic E-state index is 9.98. The van der Waals surface area contributed by atoms with E-state index in [-0.39, 0.29) is 18.2 Å². The molecule has 1 saturated carbocycles. The quantitative estimate of drug-likeness (QED) is 0.847. The van der Waals surface area contributed by atoms with Crippen LogP contribution in [0.25, 0.3) is 0 Å². The fraction of sp³-hybridized carbons (Fsp3) is 0.647. The molecule has 0 heterocycles. The van der Waals surface area contributed by atoms with Crippen LogP contribution in [0.4, 0.5) is 0 Å². The molecule has 4 heteroatoms. The van der Waals surface area contributed by atoms with E-state index in [1.807, 2.05) is 32.0 Å². The maximum Gasteiger partial charge on any atom is 0.161 e. The molecule has 2 rings (SSSR count). The summed E-state index contributed by atoms with van der Waals surface area (Å²) in [4.78, 5) is 0. The van der Waals surface area contributed by atoms with Gasteiger partial charge in [-0.25, -0.2) is 0 Å². The minimum absolute atomic E-state index is 0.125. The Morgan fingerprint density at radius 3 is 2.67 bits per heavy atom. The zero-order valence-electron chi connectivity index (χ0n) is 13.3. The normalized spacial score (nSPS) is 22.3. The van der Waals surface area contributed by atoms with Gasteiger partial charge in [-0.1, -0.05) is 18.9 Å². The molecule has 0 radical (unpaired) electrons. The van der Waals surface area contributed by atoms with Gasteiger partial charge in [-0.3, -0.25) is 0 Å². The summed E-state index contributed by atoms with van der Waals surface area (Å²) < 4.78 is 11.1. The average molecular weight is 293 g/mol. The minimum atomic E-state index is -0.218. The first-order valence-corrected chi connectivity index (χ1v) is 7.85. The molecule has 1 aromatic rings. The molecule has 1 aliphatic rings. The highest BCUT2D eigenvalue weighted by Crippen LogP contribution is 2.29. The lowest BCUT2D eigenvalue weighted by molar-refractivity contribution is 0.0902. The second kappa shape index (κ2) is 7.66. The standard InChI is InChI=1S/C17H27NO3/c1-12(2)21-16-9-8-13(10-17(16)20-3)11-18-14-6-4-5-7-15(14)19/h8-10,12,14-15,18-19H,4-7,11H2,1-3H3/t14-,15+/m0/s1. The van der Waals surface area contributed by atoms with Gasteiger partial charge in [0.05, 0.1) is 19.3 Å². The van der Waals surface area contributed by atoms with Crippen molar-refractivity contribution in [2.24, 2.45) is 0 Å². The van der Waals surface area contributed by atoms with Crippen LogP contribution >= 0.6 is 0 Å². The lowest BCUT2D eigenvalue weighted by Crippen LogP contribution is -2.41. The van der Waals surface area contributed by atoms with Crippen molar-refractivity contribution in [2.45, 2.75) is 64.3 Å². The number of nitrogens with one attached hydrogen (secondary N) is 1. The summed E-state index contributed by atoms with van der Waals surface area (Å²) >= 11 is 0. The van der Waals surface area contributed by atoms with E-state index in [0.29, 0.717) is 0 Å². The molecule has 4 nitrogen and oxygen atoms in total. The van der Waals surface area contributed by atoms with Gasteiger partial charge in [0.25, 0.3) is 0 Å². The predicted molar refractivity (Wildman–Crippen MR) is 83.9 cm³/mol. The molecule has 0 aliphatic heterocycles. The third-order valence-corrected chi connectivity index (χ3v) is 3.89. The van der Waals surface area contributed by atoms with Crippen LogP contribution in [0.3, 0.4) is 0 Å². The van der Waals surface area contributed by atoms with Crippen molar-refractivity contribution in [2.75, 3.05) is 7.11 Å². The largest absolute Gasteiger partial charge is 0.493 e. The molecular formula is C17H27NO3. The lowest BCUT2D eigenvalue weighted by atomic mass is 9.92. The Kier molecular flexibility index (Phi) is 5.88. The van der Waals surface area contributed by atoms with Gasteiger partial charge in [0.2, 0.25) is 0 Å². The number of methoxy groups -OCH3 is 1. The maximum absolute atomic E-state index is 9.98. The van der Waals surface area contributed by atoms with Crippen LogP contribution in [0, 0.1) is 0 Å². The van der Waals surface area contributed by atoms with Crippen LogP contribution < -0.4 is 14.8 Å². The molecule has 1 aliphatic carbocycles. The number of rotatable bonds is 6. The zero-order valence-corrected chi connectivity index (χ0v) is 13.3. The van der Waals surface area contributed by atoms with Crippen LogP contribution in [0.15, 0.2) is 18.2 Å². The Balaban J connectivity index is 1.97. The molecule has 0 saturated heterocycles. The first kappa shape index (κ1) is 16.1. The number of aliphatic hydroxyl groups is 1. The Bertz CT molecular complexity index is 448. The zero-order chi connectivity index (χ0) is 15.2. The topological polar surface area (TPSA) is 50.7 Å². The lowest BCUT2D eigenvalue weighted by Gasteiger charge is -2.28. The molecule has 1 aromatic carbocycles. The first-order chi connectivity index (χ1) is 10.1. The third kappa shape index (κ3) is 4.61. The van der Waals surface area contributed by atoms with E-state index in [0.717, 1.165) is 42.9 Å². The summed E-state index contributed by atoms with van der Waals surface area (Å²) in [5.74, 6) is 1.53. The van der Waals surface area contributed by atoms with Gasteiger partial charge in [-0.15, -0.1) is 0 Å². The number of ether oxygens (including phenoxy) is 2. The average Bonchev–Trinajstić information content (AvgIpc) is 2.47. The summed E-state index contributed by atoms with van der Waals surface area (Å²) in [7, 11) is 1.66. The van der Waals surface area contributed by atoms with E-state index in [9.17, 15) is 5.11 Å².